The molecule has 3 aromatic rings. The van der Waals surface area contributed by atoms with Crippen LogP contribution in [0, 0.1) is 0 Å². The number of hydrogen-bond donors (Lipinski definition) is 0. The number of hydrogen-bond acceptors (Lipinski definition) is 8. The van der Waals surface area contributed by atoms with E-state index in [0.717, 1.165) is 75.5 Å². The van der Waals surface area contributed by atoms with Gasteiger partial charge in [-0.15, -0.1) is 22.7 Å². The Labute approximate surface area is 179 Å². The lowest BCUT2D eigenvalue weighted by molar-refractivity contribution is 0.0331. The lowest BCUT2D eigenvalue weighted by Crippen LogP contribution is -2.36. The van der Waals surface area contributed by atoms with Crippen molar-refractivity contribution < 1.29 is 4.74 Å². The molecule has 2 saturated heterocycles. The predicted molar refractivity (Wildman–Crippen MR) is 121 cm³/mol. The second kappa shape index (κ2) is 8.65. The van der Waals surface area contributed by atoms with Gasteiger partial charge in [0.15, 0.2) is 0 Å². The first-order valence-electron chi connectivity index (χ1n) is 10.3. The normalized spacial score (nSPS) is 19.7. The molecule has 5 rings (SSSR count). The average molecular weight is 430 g/mol. The van der Waals surface area contributed by atoms with Crippen molar-refractivity contribution in [1.82, 2.24) is 19.8 Å². The van der Waals surface area contributed by atoms with E-state index >= 15 is 0 Å². The third-order valence-electron chi connectivity index (χ3n) is 5.74. The largest absolute Gasteiger partial charge is 0.379 e. The van der Waals surface area contributed by atoms with Crippen molar-refractivity contribution in [1.29, 1.82) is 0 Å². The van der Waals surface area contributed by atoms with Gasteiger partial charge in [-0.05, 0) is 31.5 Å². The van der Waals surface area contributed by atoms with Crippen molar-refractivity contribution in [2.75, 3.05) is 64.4 Å². The van der Waals surface area contributed by atoms with Gasteiger partial charge in [0.25, 0.3) is 0 Å². The highest BCUT2D eigenvalue weighted by molar-refractivity contribution is 7.18. The van der Waals surface area contributed by atoms with E-state index in [0.29, 0.717) is 0 Å². The Hall–Kier alpha value is -1.58. The summed E-state index contributed by atoms with van der Waals surface area (Å²) in [7, 11) is 2.21. The van der Waals surface area contributed by atoms with Crippen LogP contribution in [-0.4, -0.2) is 79.3 Å². The summed E-state index contributed by atoms with van der Waals surface area (Å²) in [5.41, 5.74) is 1.28. The molecule has 0 N–H and O–H groups in total. The zero-order valence-electron chi connectivity index (χ0n) is 16.8. The third-order valence-corrected chi connectivity index (χ3v) is 7.51. The van der Waals surface area contributed by atoms with Gasteiger partial charge >= 0.3 is 0 Å². The quantitative estimate of drug-likeness (QED) is 0.633. The van der Waals surface area contributed by atoms with Gasteiger partial charge in [-0.2, -0.15) is 0 Å². The fourth-order valence-electron chi connectivity index (χ4n) is 4.10. The maximum absolute atomic E-state index is 5.50. The zero-order valence-corrected chi connectivity index (χ0v) is 18.5. The zero-order chi connectivity index (χ0) is 19.6. The minimum Gasteiger partial charge on any atom is -0.379 e. The Kier molecular flexibility index (Phi) is 5.78. The van der Waals surface area contributed by atoms with E-state index in [4.69, 9.17) is 14.7 Å². The fraction of sp³-hybridized carbons (Fsp3) is 0.524. The molecular formula is C21H27N5OS2. The monoisotopic (exact) mass is 429 g/mol. The molecule has 0 saturated carbocycles. The van der Waals surface area contributed by atoms with Gasteiger partial charge < -0.3 is 14.5 Å². The molecule has 0 bridgehead atoms. The molecule has 2 aliphatic heterocycles. The first-order chi connectivity index (χ1) is 14.3. The highest BCUT2D eigenvalue weighted by atomic mass is 32.1. The summed E-state index contributed by atoms with van der Waals surface area (Å²) in [5, 5.41) is 5.64. The van der Waals surface area contributed by atoms with Crippen molar-refractivity contribution >= 4 is 38.7 Å². The summed E-state index contributed by atoms with van der Waals surface area (Å²) in [6.07, 6.45) is 1.17. The van der Waals surface area contributed by atoms with E-state index in [1.165, 1.54) is 22.2 Å². The predicted octanol–water partition coefficient (Wildman–Crippen LogP) is 3.39. The maximum atomic E-state index is 5.50. The number of anilines is 1. The van der Waals surface area contributed by atoms with Crippen LogP contribution in [-0.2, 0) is 11.3 Å². The smallest absolute Gasteiger partial charge is 0.146 e. The molecule has 0 spiro atoms. The number of ether oxygens (including phenoxy) is 1. The molecule has 6 nitrogen and oxygen atoms in total. The highest BCUT2D eigenvalue weighted by Crippen LogP contribution is 2.40. The minimum absolute atomic E-state index is 0.798. The molecule has 0 radical (unpaired) electrons. The van der Waals surface area contributed by atoms with E-state index in [1.807, 2.05) is 0 Å². The Morgan fingerprint density at radius 2 is 1.93 bits per heavy atom. The van der Waals surface area contributed by atoms with E-state index in [1.54, 1.807) is 22.7 Å². The molecular weight excluding hydrogens is 402 g/mol. The fourth-order valence-corrected chi connectivity index (χ4v) is 5.87. The van der Waals surface area contributed by atoms with Crippen molar-refractivity contribution in [3.63, 3.8) is 0 Å². The van der Waals surface area contributed by atoms with Crippen LogP contribution in [0.4, 0.5) is 5.82 Å². The van der Waals surface area contributed by atoms with Crippen molar-refractivity contribution in [2.24, 2.45) is 0 Å². The molecule has 0 aromatic carbocycles. The number of fused-ring (bicyclic) bond motifs is 1. The van der Waals surface area contributed by atoms with E-state index < -0.39 is 0 Å². The van der Waals surface area contributed by atoms with Gasteiger partial charge in [0.05, 0.1) is 25.1 Å². The number of aromatic nitrogens is 2. The summed E-state index contributed by atoms with van der Waals surface area (Å²) in [5.74, 6) is 2.06. The lowest BCUT2D eigenvalue weighted by Gasteiger charge is -2.27. The molecule has 2 aliphatic rings. The standard InChI is InChI=1S/C21H27N5OS2/c1-24-5-3-6-26(8-7-24)20-19-16(17-4-2-13-28-17)15-29-21(19)23-18(22-20)14-25-9-11-27-12-10-25/h2,4,13,15H,3,5-12,14H2,1H3. The summed E-state index contributed by atoms with van der Waals surface area (Å²) in [6, 6.07) is 4.32. The van der Waals surface area contributed by atoms with Gasteiger partial charge in [-0.1, -0.05) is 6.07 Å². The van der Waals surface area contributed by atoms with Gasteiger partial charge in [0, 0.05) is 48.5 Å². The van der Waals surface area contributed by atoms with Gasteiger partial charge in [-0.25, -0.2) is 9.97 Å². The second-order valence-corrected chi connectivity index (χ2v) is 9.61. The summed E-state index contributed by atoms with van der Waals surface area (Å²) >= 11 is 3.54. The number of thiophene rings is 2. The van der Waals surface area contributed by atoms with Gasteiger partial charge in [-0.3, -0.25) is 4.90 Å². The van der Waals surface area contributed by atoms with Crippen molar-refractivity contribution in [3.05, 3.63) is 28.7 Å². The molecule has 0 aliphatic carbocycles. The first kappa shape index (κ1) is 19.4. The van der Waals surface area contributed by atoms with Gasteiger partial charge in [0.1, 0.15) is 16.5 Å². The number of morpholine rings is 1. The molecule has 0 atom stereocenters. The van der Waals surface area contributed by atoms with Crippen LogP contribution in [0.3, 0.4) is 0 Å². The van der Waals surface area contributed by atoms with Crippen LogP contribution in [0.15, 0.2) is 22.9 Å². The first-order valence-corrected chi connectivity index (χ1v) is 12.1. The number of rotatable bonds is 4. The average Bonchev–Trinajstić information content (AvgIpc) is 3.35. The SMILES string of the molecule is CN1CCCN(c2nc(CN3CCOCC3)nc3scc(-c4cccs4)c23)CC1. The number of likely N-dealkylation sites (N-methyl/N-ethyl adjacent to an activating group) is 1. The van der Waals surface area contributed by atoms with Crippen LogP contribution >= 0.6 is 22.7 Å². The Morgan fingerprint density at radius 1 is 1.03 bits per heavy atom. The Balaban J connectivity index is 1.56. The summed E-state index contributed by atoms with van der Waals surface area (Å²) < 4.78 is 5.50. The van der Waals surface area contributed by atoms with Gasteiger partial charge in [0.2, 0.25) is 0 Å². The van der Waals surface area contributed by atoms with Crippen molar-refractivity contribution in [2.45, 2.75) is 13.0 Å². The molecule has 5 heterocycles. The molecule has 154 valence electrons. The molecule has 8 heteroatoms. The summed E-state index contributed by atoms with van der Waals surface area (Å²) in [4.78, 5) is 19.9. The topological polar surface area (TPSA) is 44.7 Å². The summed E-state index contributed by atoms with van der Waals surface area (Å²) in [6.45, 7) is 8.59. The van der Waals surface area contributed by atoms with E-state index in [9.17, 15) is 0 Å². The second-order valence-electron chi connectivity index (χ2n) is 7.80. The van der Waals surface area contributed by atoms with Crippen LogP contribution in [0.25, 0.3) is 20.7 Å². The van der Waals surface area contributed by atoms with Crippen LogP contribution in [0.5, 0.6) is 0 Å². The van der Waals surface area contributed by atoms with Crippen molar-refractivity contribution in [3.8, 4) is 10.4 Å². The minimum atomic E-state index is 0.798. The molecule has 29 heavy (non-hydrogen) atoms. The van der Waals surface area contributed by atoms with E-state index in [-0.39, 0.29) is 0 Å². The van der Waals surface area contributed by atoms with E-state index in [2.05, 4.69) is 44.6 Å². The van der Waals surface area contributed by atoms with Crippen LogP contribution < -0.4 is 4.90 Å². The maximum Gasteiger partial charge on any atom is 0.146 e. The third kappa shape index (κ3) is 4.18. The molecule has 3 aromatic heterocycles. The Bertz CT molecular complexity index is 952. The number of nitrogens with zero attached hydrogens (tertiary/aromatic N) is 5. The van der Waals surface area contributed by atoms with Crippen LogP contribution in [0.1, 0.15) is 12.2 Å². The lowest BCUT2D eigenvalue weighted by atomic mass is 10.2. The highest BCUT2D eigenvalue weighted by Gasteiger charge is 2.23. The Morgan fingerprint density at radius 3 is 2.76 bits per heavy atom. The van der Waals surface area contributed by atoms with Crippen LogP contribution in [0.2, 0.25) is 0 Å². The molecule has 2 fully saturated rings. The molecule has 0 unspecified atom stereocenters. The molecule has 0 amide bonds.